The number of nitrogens with zero attached hydrogens (tertiary/aromatic N) is 2. The third-order valence-corrected chi connectivity index (χ3v) is 9.02. The summed E-state index contributed by atoms with van der Waals surface area (Å²) in [6.07, 6.45) is 6.47. The quantitative estimate of drug-likeness (QED) is 0.295. The van der Waals surface area contributed by atoms with Gasteiger partial charge in [-0.2, -0.15) is 0 Å². The zero-order valence-electron chi connectivity index (χ0n) is 19.1. The topological polar surface area (TPSA) is 50.8 Å². The molecule has 3 aromatic rings. The molecule has 1 aliphatic heterocycles. The Balaban J connectivity index is 1.44. The van der Waals surface area contributed by atoms with Crippen molar-refractivity contribution >= 4 is 61.9 Å². The number of ether oxygens (including phenoxy) is 1. The number of hydrogen-bond donors (Lipinski definition) is 1. The minimum absolute atomic E-state index is 0.318. The molecule has 1 aliphatic carbocycles. The van der Waals surface area contributed by atoms with Gasteiger partial charge in [-0.3, -0.25) is 5.14 Å². The molecule has 2 aliphatic rings. The summed E-state index contributed by atoms with van der Waals surface area (Å²) in [5.41, 5.74) is 2.40. The molecule has 1 saturated heterocycles. The average molecular weight is 508 g/mol. The van der Waals surface area contributed by atoms with Gasteiger partial charge >= 0.3 is 0 Å². The van der Waals surface area contributed by atoms with Crippen molar-refractivity contribution in [3.63, 3.8) is 0 Å². The Morgan fingerprint density at radius 1 is 1.06 bits per heavy atom. The highest BCUT2D eigenvalue weighted by Crippen LogP contribution is 2.44. The first kappa shape index (κ1) is 23.7. The second kappa shape index (κ2) is 10.7. The molecule has 2 N–H and O–H groups in total. The number of rotatable bonds is 4. The third kappa shape index (κ3) is 5.28. The predicted octanol–water partition coefficient (Wildman–Crippen LogP) is 7.30. The zero-order chi connectivity index (χ0) is 23.4. The number of thioether (sulfide) groups is 1. The van der Waals surface area contributed by atoms with E-state index in [4.69, 9.17) is 27.1 Å². The molecule has 3 aromatic carbocycles. The van der Waals surface area contributed by atoms with Gasteiger partial charge in [0.15, 0.2) is 9.49 Å². The first-order valence-corrected chi connectivity index (χ1v) is 14.0. The van der Waals surface area contributed by atoms with E-state index < -0.39 is 0 Å². The number of fused-ring (bicyclic) bond motifs is 1. The van der Waals surface area contributed by atoms with Gasteiger partial charge in [0.1, 0.15) is 12.4 Å². The highest BCUT2D eigenvalue weighted by atomic mass is 32.2. The van der Waals surface area contributed by atoms with Crippen LogP contribution in [0.2, 0.25) is 0 Å². The van der Waals surface area contributed by atoms with Gasteiger partial charge in [-0.1, -0.05) is 91.8 Å². The number of aliphatic imine (C=N–C) groups is 1. The normalized spacial score (nSPS) is 19.0. The molecule has 1 heterocycles. The van der Waals surface area contributed by atoms with Crippen LogP contribution < -0.4 is 9.88 Å². The van der Waals surface area contributed by atoms with E-state index in [1.165, 1.54) is 32.1 Å². The van der Waals surface area contributed by atoms with Gasteiger partial charge in [0, 0.05) is 17.7 Å². The van der Waals surface area contributed by atoms with Gasteiger partial charge in [-0.05, 0) is 59.4 Å². The van der Waals surface area contributed by atoms with Crippen LogP contribution in [0.25, 0.3) is 10.8 Å². The average Bonchev–Trinajstić information content (AvgIpc) is 2.89. The van der Waals surface area contributed by atoms with Crippen molar-refractivity contribution in [2.75, 3.05) is 12.3 Å². The van der Waals surface area contributed by atoms with Crippen molar-refractivity contribution < 1.29 is 4.74 Å². The van der Waals surface area contributed by atoms with E-state index in [0.29, 0.717) is 16.3 Å². The van der Waals surface area contributed by atoms with Gasteiger partial charge in [0.2, 0.25) is 0 Å². The van der Waals surface area contributed by atoms with Crippen molar-refractivity contribution in [2.45, 2.75) is 38.7 Å². The van der Waals surface area contributed by atoms with Gasteiger partial charge < -0.3 is 9.64 Å². The molecule has 0 amide bonds. The summed E-state index contributed by atoms with van der Waals surface area (Å²) >= 11 is 8.64. The van der Waals surface area contributed by atoms with Crippen LogP contribution in [-0.4, -0.2) is 26.7 Å². The lowest BCUT2D eigenvalue weighted by Crippen LogP contribution is -2.49. The molecule has 176 valence electrons. The number of benzene rings is 3. The van der Waals surface area contributed by atoms with Crippen molar-refractivity contribution in [1.82, 2.24) is 4.90 Å². The molecule has 0 atom stereocenters. The Kier molecular flexibility index (Phi) is 7.44. The Morgan fingerprint density at radius 2 is 1.88 bits per heavy atom. The number of nitrogens with two attached hydrogens (primary N) is 1. The second-order valence-electron chi connectivity index (χ2n) is 9.15. The first-order chi connectivity index (χ1) is 16.7. The molecule has 0 radical (unpaired) electrons. The minimum Gasteiger partial charge on any atom is -0.489 e. The van der Waals surface area contributed by atoms with Crippen LogP contribution in [-0.2, 0) is 6.61 Å². The lowest BCUT2D eigenvalue weighted by atomic mass is 9.75. The van der Waals surface area contributed by atoms with E-state index in [-0.39, 0.29) is 0 Å². The highest BCUT2D eigenvalue weighted by molar-refractivity contribution is 8.22. The summed E-state index contributed by atoms with van der Waals surface area (Å²) in [4.78, 5) is 7.30. The Hall–Kier alpha value is -2.06. The fourth-order valence-corrected chi connectivity index (χ4v) is 6.75. The highest BCUT2D eigenvalue weighted by Gasteiger charge is 2.40. The monoisotopic (exact) mass is 507 g/mol. The molecular weight excluding hydrogens is 479 g/mol. The minimum atomic E-state index is 0.318. The molecule has 2 fully saturated rings. The fraction of sp³-hybridized carbons (Fsp3) is 0.333. The molecule has 0 aromatic heterocycles. The van der Waals surface area contributed by atoms with Crippen LogP contribution in [0.3, 0.4) is 0 Å². The van der Waals surface area contributed by atoms with Crippen molar-refractivity contribution in [1.29, 1.82) is 0 Å². The lowest BCUT2D eigenvalue weighted by molar-refractivity contribution is 0.194. The molecule has 1 saturated carbocycles. The number of thiocarbonyl (C=S) groups is 1. The SMILES string of the molecule is NSC(=S)N1CC2(CCCCC2)CSC1=Nc1cccc2ccc(OCc3ccccc3)cc12. The third-order valence-electron chi connectivity index (χ3n) is 6.76. The summed E-state index contributed by atoms with van der Waals surface area (Å²) in [5, 5.41) is 9.08. The van der Waals surface area contributed by atoms with E-state index >= 15 is 0 Å². The van der Waals surface area contributed by atoms with Gasteiger partial charge in [-0.15, -0.1) is 0 Å². The van der Waals surface area contributed by atoms with Crippen LogP contribution >= 0.6 is 35.9 Å². The molecule has 34 heavy (non-hydrogen) atoms. The molecule has 0 unspecified atom stereocenters. The largest absolute Gasteiger partial charge is 0.489 e. The van der Waals surface area contributed by atoms with Crippen molar-refractivity contribution in [3.8, 4) is 5.75 Å². The lowest BCUT2D eigenvalue weighted by Gasteiger charge is -2.45. The molecule has 0 bridgehead atoms. The fourth-order valence-electron chi connectivity index (χ4n) is 4.91. The van der Waals surface area contributed by atoms with E-state index in [9.17, 15) is 0 Å². The maximum Gasteiger partial charge on any atom is 0.170 e. The van der Waals surface area contributed by atoms with Gasteiger partial charge in [-0.25, -0.2) is 4.99 Å². The second-order valence-corrected chi connectivity index (χ2v) is 11.4. The summed E-state index contributed by atoms with van der Waals surface area (Å²) in [7, 11) is 0. The van der Waals surface area contributed by atoms with Gasteiger partial charge in [0.25, 0.3) is 0 Å². The maximum absolute atomic E-state index is 6.09. The van der Waals surface area contributed by atoms with Gasteiger partial charge in [0.05, 0.1) is 5.69 Å². The molecule has 4 nitrogen and oxygen atoms in total. The Morgan fingerprint density at radius 3 is 2.68 bits per heavy atom. The van der Waals surface area contributed by atoms with Crippen molar-refractivity contribution in [3.05, 3.63) is 72.3 Å². The van der Waals surface area contributed by atoms with Crippen LogP contribution in [0.4, 0.5) is 5.69 Å². The smallest absolute Gasteiger partial charge is 0.170 e. The van der Waals surface area contributed by atoms with Crippen LogP contribution in [0.15, 0.2) is 71.7 Å². The Bertz CT molecular complexity index is 1190. The summed E-state index contributed by atoms with van der Waals surface area (Å²) in [6, 6.07) is 22.7. The molecule has 1 spiro atoms. The molecular formula is C27H29N3OS3. The molecule has 7 heteroatoms. The maximum atomic E-state index is 6.09. The first-order valence-electron chi connectivity index (χ1n) is 11.8. The van der Waals surface area contributed by atoms with Crippen LogP contribution in [0.5, 0.6) is 5.75 Å². The summed E-state index contributed by atoms with van der Waals surface area (Å²) in [6.45, 7) is 1.45. The van der Waals surface area contributed by atoms with E-state index in [1.807, 2.05) is 36.0 Å². The summed E-state index contributed by atoms with van der Waals surface area (Å²) < 4.78 is 6.79. The zero-order valence-corrected chi connectivity index (χ0v) is 21.6. The van der Waals surface area contributed by atoms with Crippen molar-refractivity contribution in [2.24, 2.45) is 15.5 Å². The van der Waals surface area contributed by atoms with E-state index in [2.05, 4.69) is 47.4 Å². The van der Waals surface area contributed by atoms with E-state index in [0.717, 1.165) is 57.2 Å². The van der Waals surface area contributed by atoms with Crippen LogP contribution in [0.1, 0.15) is 37.7 Å². The Labute approximate surface area is 215 Å². The van der Waals surface area contributed by atoms with Crippen LogP contribution in [0, 0.1) is 5.41 Å². The standard InChI is InChI=1S/C27H29N3OS3/c28-34-26(32)30-18-27(14-5-2-6-15-27)19-33-25(30)29-24-11-7-10-21-12-13-22(16-23(21)24)31-17-20-8-3-1-4-9-20/h1,3-4,7-13,16H,2,5-6,14-15,17-19,28H2. The summed E-state index contributed by atoms with van der Waals surface area (Å²) in [5.74, 6) is 1.93. The number of amidine groups is 1. The predicted molar refractivity (Wildman–Crippen MR) is 151 cm³/mol. The van der Waals surface area contributed by atoms with E-state index in [1.54, 1.807) is 0 Å². The molecule has 5 rings (SSSR count). The number of hydrogen-bond acceptors (Lipinski definition) is 6.